The van der Waals surface area contributed by atoms with Gasteiger partial charge in [-0.3, -0.25) is 9.69 Å². The molecule has 0 aromatic rings. The summed E-state index contributed by atoms with van der Waals surface area (Å²) in [5, 5.41) is 0. The van der Waals surface area contributed by atoms with Crippen molar-refractivity contribution in [3.05, 3.63) is 0 Å². The number of hydrogen-bond donors (Lipinski definition) is 1. The standard InChI is InChI=1S/C9H16N2O/c1-3-5-6-7-11(4-2)8-9(10)12/h1H,4-8H2,2H3,(H2,10,12). The number of terminal acetylenes is 1. The van der Waals surface area contributed by atoms with Crippen molar-refractivity contribution in [1.29, 1.82) is 0 Å². The summed E-state index contributed by atoms with van der Waals surface area (Å²) >= 11 is 0. The van der Waals surface area contributed by atoms with Crippen LogP contribution in [0.2, 0.25) is 0 Å². The zero-order valence-electron chi connectivity index (χ0n) is 7.55. The van der Waals surface area contributed by atoms with Crippen LogP contribution in [-0.4, -0.2) is 30.4 Å². The molecule has 0 aromatic heterocycles. The minimum atomic E-state index is -0.280. The van der Waals surface area contributed by atoms with Gasteiger partial charge in [-0.25, -0.2) is 0 Å². The van der Waals surface area contributed by atoms with Gasteiger partial charge < -0.3 is 5.73 Å². The average Bonchev–Trinajstić information content (AvgIpc) is 2.02. The molecule has 0 saturated carbocycles. The Bertz CT molecular complexity index is 172. The number of hydrogen-bond acceptors (Lipinski definition) is 2. The first-order chi connectivity index (χ1) is 5.70. The second kappa shape index (κ2) is 6.68. The monoisotopic (exact) mass is 168 g/mol. The largest absolute Gasteiger partial charge is 0.369 e. The maximum Gasteiger partial charge on any atom is 0.231 e. The zero-order chi connectivity index (χ0) is 9.40. The maximum atomic E-state index is 10.5. The van der Waals surface area contributed by atoms with Crippen molar-refractivity contribution in [2.75, 3.05) is 19.6 Å². The van der Waals surface area contributed by atoms with Crippen LogP contribution >= 0.6 is 0 Å². The van der Waals surface area contributed by atoms with Crippen molar-refractivity contribution < 1.29 is 4.79 Å². The molecule has 68 valence electrons. The Morgan fingerprint density at radius 1 is 1.67 bits per heavy atom. The first-order valence-corrected chi connectivity index (χ1v) is 4.14. The molecule has 12 heavy (non-hydrogen) atoms. The molecule has 0 aliphatic rings. The predicted molar refractivity (Wildman–Crippen MR) is 49.4 cm³/mol. The van der Waals surface area contributed by atoms with E-state index in [1.807, 2.05) is 11.8 Å². The molecule has 0 aliphatic heterocycles. The van der Waals surface area contributed by atoms with Crippen molar-refractivity contribution in [2.24, 2.45) is 5.73 Å². The molecular formula is C9H16N2O. The number of carbonyl (C=O) groups is 1. The smallest absolute Gasteiger partial charge is 0.231 e. The third-order valence-corrected chi connectivity index (χ3v) is 1.62. The lowest BCUT2D eigenvalue weighted by Gasteiger charge is -2.17. The van der Waals surface area contributed by atoms with Gasteiger partial charge in [0.2, 0.25) is 5.91 Å². The molecule has 0 saturated heterocycles. The van der Waals surface area contributed by atoms with Crippen molar-refractivity contribution in [1.82, 2.24) is 4.90 Å². The van der Waals surface area contributed by atoms with Crippen LogP contribution in [0.3, 0.4) is 0 Å². The number of rotatable bonds is 6. The van der Waals surface area contributed by atoms with Crippen molar-refractivity contribution in [3.8, 4) is 12.3 Å². The normalized spacial score (nSPS) is 9.75. The molecule has 0 aliphatic carbocycles. The van der Waals surface area contributed by atoms with E-state index >= 15 is 0 Å². The highest BCUT2D eigenvalue weighted by molar-refractivity contribution is 5.75. The van der Waals surface area contributed by atoms with Crippen LogP contribution in [0.1, 0.15) is 19.8 Å². The zero-order valence-corrected chi connectivity index (χ0v) is 7.55. The molecule has 0 fully saturated rings. The summed E-state index contributed by atoms with van der Waals surface area (Å²) < 4.78 is 0. The molecule has 3 heteroatoms. The van der Waals surface area contributed by atoms with Crippen molar-refractivity contribution >= 4 is 5.91 Å². The lowest BCUT2D eigenvalue weighted by Crippen LogP contribution is -2.34. The van der Waals surface area contributed by atoms with E-state index in [2.05, 4.69) is 5.92 Å². The number of likely N-dealkylation sites (N-methyl/N-ethyl adjacent to an activating group) is 1. The van der Waals surface area contributed by atoms with Gasteiger partial charge in [-0.05, 0) is 19.5 Å². The summed E-state index contributed by atoms with van der Waals surface area (Å²) in [6, 6.07) is 0. The van der Waals surface area contributed by atoms with Gasteiger partial charge in [-0.1, -0.05) is 6.92 Å². The Morgan fingerprint density at radius 3 is 2.75 bits per heavy atom. The van der Waals surface area contributed by atoms with E-state index in [-0.39, 0.29) is 5.91 Å². The molecular weight excluding hydrogens is 152 g/mol. The Kier molecular flexibility index (Phi) is 6.12. The second-order valence-electron chi connectivity index (χ2n) is 2.64. The summed E-state index contributed by atoms with van der Waals surface area (Å²) in [5.41, 5.74) is 5.05. The average molecular weight is 168 g/mol. The number of nitrogens with zero attached hydrogens (tertiary/aromatic N) is 1. The van der Waals surface area contributed by atoms with Crippen LogP contribution in [-0.2, 0) is 4.79 Å². The van der Waals surface area contributed by atoms with E-state index in [1.165, 1.54) is 0 Å². The molecule has 2 N–H and O–H groups in total. The molecule has 0 radical (unpaired) electrons. The molecule has 0 heterocycles. The quantitative estimate of drug-likeness (QED) is 0.455. The van der Waals surface area contributed by atoms with Gasteiger partial charge in [0, 0.05) is 6.42 Å². The molecule has 3 nitrogen and oxygen atoms in total. The van der Waals surface area contributed by atoms with Gasteiger partial charge in [0.1, 0.15) is 0 Å². The number of primary amides is 1. The summed E-state index contributed by atoms with van der Waals surface area (Å²) in [4.78, 5) is 12.5. The van der Waals surface area contributed by atoms with Crippen LogP contribution in [0.25, 0.3) is 0 Å². The van der Waals surface area contributed by atoms with E-state index in [0.29, 0.717) is 6.54 Å². The topological polar surface area (TPSA) is 46.3 Å². The maximum absolute atomic E-state index is 10.5. The van der Waals surface area contributed by atoms with Crippen LogP contribution < -0.4 is 5.73 Å². The van der Waals surface area contributed by atoms with Gasteiger partial charge >= 0.3 is 0 Å². The molecule has 0 spiro atoms. The summed E-state index contributed by atoms with van der Waals surface area (Å²) in [6.45, 7) is 4.02. The lowest BCUT2D eigenvalue weighted by atomic mass is 10.3. The van der Waals surface area contributed by atoms with Gasteiger partial charge in [-0.15, -0.1) is 12.3 Å². The summed E-state index contributed by atoms with van der Waals surface area (Å²) in [7, 11) is 0. The minimum Gasteiger partial charge on any atom is -0.369 e. The van der Waals surface area contributed by atoms with Gasteiger partial charge in [0.15, 0.2) is 0 Å². The second-order valence-corrected chi connectivity index (χ2v) is 2.64. The SMILES string of the molecule is C#CCCCN(CC)CC(N)=O. The third kappa shape index (κ3) is 5.75. The minimum absolute atomic E-state index is 0.280. The third-order valence-electron chi connectivity index (χ3n) is 1.62. The van der Waals surface area contributed by atoms with E-state index in [9.17, 15) is 4.79 Å². The van der Waals surface area contributed by atoms with E-state index in [0.717, 1.165) is 25.9 Å². The predicted octanol–water partition coefficient (Wildman–Crippen LogP) is 0.207. The molecule has 0 rings (SSSR count). The number of carbonyl (C=O) groups excluding carboxylic acids is 1. The number of nitrogens with two attached hydrogens (primary N) is 1. The van der Waals surface area contributed by atoms with Crippen molar-refractivity contribution in [3.63, 3.8) is 0 Å². The fraction of sp³-hybridized carbons (Fsp3) is 0.667. The fourth-order valence-electron chi connectivity index (χ4n) is 0.974. The van der Waals surface area contributed by atoms with Gasteiger partial charge in [0.05, 0.1) is 6.54 Å². The Morgan fingerprint density at radius 2 is 2.33 bits per heavy atom. The van der Waals surface area contributed by atoms with E-state index < -0.39 is 0 Å². The molecule has 0 unspecified atom stereocenters. The summed E-state index contributed by atoms with van der Waals surface area (Å²) in [5.74, 6) is 2.28. The first-order valence-electron chi connectivity index (χ1n) is 4.14. The molecule has 1 amide bonds. The van der Waals surface area contributed by atoms with Gasteiger partial charge in [-0.2, -0.15) is 0 Å². The van der Waals surface area contributed by atoms with Crippen LogP contribution in [0.5, 0.6) is 0 Å². The highest BCUT2D eigenvalue weighted by Crippen LogP contribution is 1.93. The Balaban J connectivity index is 3.54. The highest BCUT2D eigenvalue weighted by Gasteiger charge is 2.03. The summed E-state index contributed by atoms with van der Waals surface area (Å²) in [6.07, 6.45) is 6.78. The van der Waals surface area contributed by atoms with Crippen LogP contribution in [0.4, 0.5) is 0 Å². The molecule has 0 bridgehead atoms. The highest BCUT2D eigenvalue weighted by atomic mass is 16.1. The Labute approximate surface area is 73.9 Å². The van der Waals surface area contributed by atoms with Gasteiger partial charge in [0.25, 0.3) is 0 Å². The van der Waals surface area contributed by atoms with Crippen LogP contribution in [0.15, 0.2) is 0 Å². The molecule has 0 atom stereocenters. The Hall–Kier alpha value is -1.01. The fourth-order valence-corrected chi connectivity index (χ4v) is 0.974. The molecule has 0 aromatic carbocycles. The number of unbranched alkanes of at least 4 members (excludes halogenated alkanes) is 1. The van der Waals surface area contributed by atoms with E-state index in [1.54, 1.807) is 0 Å². The lowest BCUT2D eigenvalue weighted by molar-refractivity contribution is -0.119. The van der Waals surface area contributed by atoms with Crippen molar-refractivity contribution in [2.45, 2.75) is 19.8 Å². The first kappa shape index (κ1) is 11.0. The van der Waals surface area contributed by atoms with E-state index in [4.69, 9.17) is 12.2 Å². The van der Waals surface area contributed by atoms with Crippen LogP contribution in [0, 0.1) is 12.3 Å². The number of amides is 1.